The zero-order valence-electron chi connectivity index (χ0n) is 6.65. The van der Waals surface area contributed by atoms with Gasteiger partial charge in [-0.3, -0.25) is 0 Å². The van der Waals surface area contributed by atoms with Gasteiger partial charge in [0.15, 0.2) is 6.10 Å². The minimum atomic E-state index is -1.18. The van der Waals surface area contributed by atoms with Crippen LogP contribution in [-0.2, 0) is 19.1 Å². The summed E-state index contributed by atoms with van der Waals surface area (Å²) in [6, 6.07) is 0. The van der Waals surface area contributed by atoms with Gasteiger partial charge in [-0.05, 0) is 6.92 Å². The Morgan fingerprint density at radius 2 is 2.50 bits per heavy atom. The molecule has 1 aliphatic rings. The molecule has 1 saturated heterocycles. The van der Waals surface area contributed by atoms with Crippen molar-refractivity contribution in [2.75, 3.05) is 6.61 Å². The third kappa shape index (κ3) is 1.73. The summed E-state index contributed by atoms with van der Waals surface area (Å²) in [5, 5.41) is 8.90. The van der Waals surface area contributed by atoms with Crippen molar-refractivity contribution >= 4 is 11.9 Å². The molecule has 1 aliphatic heterocycles. The second kappa shape index (κ2) is 3.53. The molecule has 1 heterocycles. The molecular weight excluding hydrogens is 164 g/mol. The van der Waals surface area contributed by atoms with E-state index < -0.39 is 24.1 Å². The van der Waals surface area contributed by atoms with Gasteiger partial charge >= 0.3 is 11.9 Å². The highest BCUT2D eigenvalue weighted by Crippen LogP contribution is 2.15. The fraction of sp³-hybridized carbons (Fsp3) is 0.714. The monoisotopic (exact) mass is 174 g/mol. The van der Waals surface area contributed by atoms with E-state index in [4.69, 9.17) is 5.11 Å². The summed E-state index contributed by atoms with van der Waals surface area (Å²) >= 11 is 0. The molecule has 0 saturated carbocycles. The molecule has 1 rings (SSSR count). The quantitative estimate of drug-likeness (QED) is 0.556. The first-order chi connectivity index (χ1) is 5.65. The lowest BCUT2D eigenvalue weighted by atomic mass is 10.2. The van der Waals surface area contributed by atoms with Crippen LogP contribution >= 0.6 is 0 Å². The van der Waals surface area contributed by atoms with Crippen molar-refractivity contribution in [3.63, 3.8) is 0 Å². The summed E-state index contributed by atoms with van der Waals surface area (Å²) in [4.78, 5) is 21.5. The van der Waals surface area contributed by atoms with E-state index in [9.17, 15) is 9.59 Å². The fourth-order valence-electron chi connectivity index (χ4n) is 0.945. The Morgan fingerprint density at radius 1 is 1.83 bits per heavy atom. The van der Waals surface area contributed by atoms with Gasteiger partial charge in [0.1, 0.15) is 0 Å². The zero-order chi connectivity index (χ0) is 9.14. The van der Waals surface area contributed by atoms with E-state index in [0.29, 0.717) is 0 Å². The summed E-state index contributed by atoms with van der Waals surface area (Å²) < 4.78 is 9.12. The molecule has 0 aromatic carbocycles. The molecule has 1 fully saturated rings. The van der Waals surface area contributed by atoms with Crippen molar-refractivity contribution in [3.05, 3.63) is 0 Å². The Bertz CT molecular complexity index is 200. The SMILES string of the molecule is CCOC(=O)[C@H]1C[C@@H](O)C(=O)O1. The first-order valence-corrected chi connectivity index (χ1v) is 3.70. The van der Waals surface area contributed by atoms with Gasteiger partial charge in [0.05, 0.1) is 6.61 Å². The molecule has 0 aliphatic carbocycles. The van der Waals surface area contributed by atoms with Crippen LogP contribution in [-0.4, -0.2) is 35.9 Å². The number of rotatable bonds is 2. The van der Waals surface area contributed by atoms with Crippen LogP contribution in [0, 0.1) is 0 Å². The minimum Gasteiger partial charge on any atom is -0.463 e. The van der Waals surface area contributed by atoms with E-state index >= 15 is 0 Å². The molecule has 0 bridgehead atoms. The smallest absolute Gasteiger partial charge is 0.347 e. The lowest BCUT2D eigenvalue weighted by molar-refractivity contribution is -0.162. The van der Waals surface area contributed by atoms with Crippen molar-refractivity contribution in [3.8, 4) is 0 Å². The van der Waals surface area contributed by atoms with E-state index in [1.807, 2.05) is 0 Å². The molecule has 5 heteroatoms. The number of hydrogen-bond acceptors (Lipinski definition) is 5. The van der Waals surface area contributed by atoms with Crippen LogP contribution in [0.15, 0.2) is 0 Å². The number of carbonyl (C=O) groups is 2. The Kier molecular flexibility index (Phi) is 2.65. The summed E-state index contributed by atoms with van der Waals surface area (Å²) in [5.41, 5.74) is 0. The predicted octanol–water partition coefficient (Wildman–Crippen LogP) is -0.774. The standard InChI is InChI=1S/C7H10O5/c1-2-11-7(10)5-3-4(8)6(9)12-5/h4-5,8H,2-3H2,1H3/t4-,5-/m1/s1. The third-order valence-corrected chi connectivity index (χ3v) is 1.52. The first-order valence-electron chi connectivity index (χ1n) is 3.70. The number of esters is 2. The van der Waals surface area contributed by atoms with Gasteiger partial charge in [0.2, 0.25) is 6.10 Å². The normalized spacial score (nSPS) is 28.3. The van der Waals surface area contributed by atoms with E-state index in [1.165, 1.54) is 0 Å². The molecule has 0 aromatic rings. The van der Waals surface area contributed by atoms with Crippen molar-refractivity contribution in [2.24, 2.45) is 0 Å². The zero-order valence-corrected chi connectivity index (χ0v) is 6.65. The minimum absolute atomic E-state index is 0.00231. The summed E-state index contributed by atoms with van der Waals surface area (Å²) in [7, 11) is 0. The molecule has 0 aromatic heterocycles. The molecule has 0 amide bonds. The van der Waals surface area contributed by atoms with Gasteiger partial charge in [-0.2, -0.15) is 0 Å². The summed E-state index contributed by atoms with van der Waals surface area (Å²) in [5.74, 6) is -1.35. The highest BCUT2D eigenvalue weighted by Gasteiger charge is 2.38. The number of carbonyl (C=O) groups excluding carboxylic acids is 2. The lowest BCUT2D eigenvalue weighted by Gasteiger charge is -2.06. The van der Waals surface area contributed by atoms with E-state index in [2.05, 4.69) is 9.47 Å². The van der Waals surface area contributed by atoms with Crippen LogP contribution in [0.4, 0.5) is 0 Å². The average Bonchev–Trinajstić information content (AvgIpc) is 2.33. The third-order valence-electron chi connectivity index (χ3n) is 1.52. The van der Waals surface area contributed by atoms with Gasteiger partial charge < -0.3 is 14.6 Å². The van der Waals surface area contributed by atoms with Gasteiger partial charge in [0, 0.05) is 6.42 Å². The molecular formula is C7H10O5. The number of cyclic esters (lactones) is 1. The van der Waals surface area contributed by atoms with Crippen molar-refractivity contribution in [1.82, 2.24) is 0 Å². The van der Waals surface area contributed by atoms with Gasteiger partial charge in [0.25, 0.3) is 0 Å². The second-order valence-corrected chi connectivity index (χ2v) is 2.43. The highest BCUT2D eigenvalue weighted by atomic mass is 16.6. The van der Waals surface area contributed by atoms with Crippen LogP contribution in [0.2, 0.25) is 0 Å². The van der Waals surface area contributed by atoms with Crippen molar-refractivity contribution in [1.29, 1.82) is 0 Å². The molecule has 12 heavy (non-hydrogen) atoms. The molecule has 2 atom stereocenters. The summed E-state index contributed by atoms with van der Waals surface area (Å²) in [6.07, 6.45) is -2.11. The maximum Gasteiger partial charge on any atom is 0.347 e. The Labute approximate surface area is 69.3 Å². The number of hydrogen-bond donors (Lipinski definition) is 1. The van der Waals surface area contributed by atoms with Crippen LogP contribution in [0.3, 0.4) is 0 Å². The van der Waals surface area contributed by atoms with Crippen LogP contribution in [0.25, 0.3) is 0 Å². The molecule has 0 unspecified atom stereocenters. The van der Waals surface area contributed by atoms with Gasteiger partial charge in [-0.25, -0.2) is 9.59 Å². The van der Waals surface area contributed by atoms with E-state index in [0.717, 1.165) is 0 Å². The Balaban J connectivity index is 2.46. The Hall–Kier alpha value is -1.10. The average molecular weight is 174 g/mol. The molecule has 1 N–H and O–H groups in total. The van der Waals surface area contributed by atoms with Crippen LogP contribution in [0.1, 0.15) is 13.3 Å². The van der Waals surface area contributed by atoms with Crippen LogP contribution < -0.4 is 0 Å². The maximum absolute atomic E-state index is 10.9. The van der Waals surface area contributed by atoms with E-state index in [-0.39, 0.29) is 13.0 Å². The van der Waals surface area contributed by atoms with Crippen molar-refractivity contribution in [2.45, 2.75) is 25.6 Å². The molecule has 5 nitrogen and oxygen atoms in total. The van der Waals surface area contributed by atoms with E-state index in [1.54, 1.807) is 6.92 Å². The number of aliphatic hydroxyl groups is 1. The molecule has 0 spiro atoms. The first kappa shape index (κ1) is 8.99. The second-order valence-electron chi connectivity index (χ2n) is 2.43. The largest absolute Gasteiger partial charge is 0.463 e. The molecule has 0 radical (unpaired) electrons. The van der Waals surface area contributed by atoms with Crippen molar-refractivity contribution < 1.29 is 24.2 Å². The highest BCUT2D eigenvalue weighted by molar-refractivity contribution is 5.85. The predicted molar refractivity (Wildman–Crippen MR) is 37.1 cm³/mol. The molecule has 68 valence electrons. The fourth-order valence-corrected chi connectivity index (χ4v) is 0.945. The lowest BCUT2D eigenvalue weighted by Crippen LogP contribution is -2.22. The van der Waals surface area contributed by atoms with Gasteiger partial charge in [-0.15, -0.1) is 0 Å². The van der Waals surface area contributed by atoms with Crippen LogP contribution in [0.5, 0.6) is 0 Å². The van der Waals surface area contributed by atoms with Gasteiger partial charge in [-0.1, -0.05) is 0 Å². The Morgan fingerprint density at radius 3 is 2.92 bits per heavy atom. The maximum atomic E-state index is 10.9. The topological polar surface area (TPSA) is 72.8 Å². The number of ether oxygens (including phenoxy) is 2. The summed E-state index contributed by atoms with van der Waals surface area (Å²) in [6.45, 7) is 1.90. The number of aliphatic hydroxyl groups excluding tert-OH is 1.